The summed E-state index contributed by atoms with van der Waals surface area (Å²) in [6.07, 6.45) is 6.62. The van der Waals surface area contributed by atoms with Crippen LogP contribution in [0.3, 0.4) is 0 Å². The van der Waals surface area contributed by atoms with Crippen molar-refractivity contribution < 1.29 is 18.3 Å². The second kappa shape index (κ2) is 11.6. The van der Waals surface area contributed by atoms with Crippen molar-refractivity contribution in [3.05, 3.63) is 59.6 Å². The summed E-state index contributed by atoms with van der Waals surface area (Å²) in [5.74, 6) is -1.20. The average Bonchev–Trinajstić information content (AvgIpc) is 2.96. The van der Waals surface area contributed by atoms with Gasteiger partial charge in [-0.2, -0.15) is 5.26 Å². The topological polar surface area (TPSA) is 107 Å². The lowest BCUT2D eigenvalue weighted by Gasteiger charge is -2.36. The normalized spacial score (nSPS) is 23.3. The Labute approximate surface area is 226 Å². The fraction of sp³-hybridized carbons (Fsp3) is 0.464. The molecule has 0 amide bonds. The fourth-order valence-electron chi connectivity index (χ4n) is 5.29. The number of ether oxygens (including phenoxy) is 2. The van der Waals surface area contributed by atoms with Gasteiger partial charge in [-0.15, -0.1) is 0 Å². The van der Waals surface area contributed by atoms with E-state index in [1.54, 1.807) is 37.6 Å². The third-order valence-corrected chi connectivity index (χ3v) is 7.43. The van der Waals surface area contributed by atoms with Gasteiger partial charge in [0.15, 0.2) is 12.0 Å². The van der Waals surface area contributed by atoms with E-state index in [0.717, 1.165) is 31.8 Å². The van der Waals surface area contributed by atoms with Crippen molar-refractivity contribution in [2.24, 2.45) is 5.92 Å². The Morgan fingerprint density at radius 3 is 2.69 bits per heavy atom. The molecule has 2 fully saturated rings. The van der Waals surface area contributed by atoms with Crippen molar-refractivity contribution in [3.8, 4) is 23.1 Å². The predicted molar refractivity (Wildman–Crippen MR) is 143 cm³/mol. The first-order chi connectivity index (χ1) is 18.9. The van der Waals surface area contributed by atoms with Crippen LogP contribution in [0.2, 0.25) is 0 Å². The van der Waals surface area contributed by atoms with E-state index >= 15 is 0 Å². The van der Waals surface area contributed by atoms with Gasteiger partial charge in [-0.3, -0.25) is 0 Å². The van der Waals surface area contributed by atoms with Crippen molar-refractivity contribution in [2.45, 2.75) is 37.5 Å². The van der Waals surface area contributed by atoms with Gasteiger partial charge in [-0.05, 0) is 68.7 Å². The van der Waals surface area contributed by atoms with Crippen molar-refractivity contribution in [3.63, 3.8) is 0 Å². The maximum Gasteiger partial charge on any atom is 0.296 e. The third kappa shape index (κ3) is 5.82. The van der Waals surface area contributed by atoms with Crippen molar-refractivity contribution in [2.75, 3.05) is 45.7 Å². The largest absolute Gasteiger partial charge is 0.483 e. The fourth-order valence-corrected chi connectivity index (χ4v) is 5.29. The number of aromatic nitrogens is 2. The molecule has 39 heavy (non-hydrogen) atoms. The first kappa shape index (κ1) is 26.8. The predicted octanol–water partition coefficient (Wildman–Crippen LogP) is 3.49. The zero-order chi connectivity index (χ0) is 27.4. The van der Waals surface area contributed by atoms with Crippen LogP contribution in [0.25, 0.3) is 11.3 Å². The maximum atomic E-state index is 14.2. The molecule has 1 aromatic carbocycles. The minimum absolute atomic E-state index is 0.137. The number of anilines is 1. The van der Waals surface area contributed by atoms with Crippen LogP contribution in [-0.4, -0.2) is 73.4 Å². The van der Waals surface area contributed by atoms with E-state index < -0.39 is 18.6 Å². The van der Waals surface area contributed by atoms with E-state index in [2.05, 4.69) is 44.1 Å². The second-order valence-electron chi connectivity index (χ2n) is 9.97. The number of benzene rings is 1. The van der Waals surface area contributed by atoms with E-state index in [0.29, 0.717) is 29.7 Å². The molecule has 4 heterocycles. The molecule has 5 rings (SSSR count). The Morgan fingerprint density at radius 2 is 1.95 bits per heavy atom. The number of nitrogens with one attached hydrogen (secondary N) is 3. The molecule has 0 spiro atoms. The minimum Gasteiger partial charge on any atom is -0.483 e. The zero-order valence-corrected chi connectivity index (χ0v) is 22.1. The molecule has 3 N–H and O–H groups in total. The van der Waals surface area contributed by atoms with Crippen molar-refractivity contribution in [1.29, 1.82) is 5.26 Å². The van der Waals surface area contributed by atoms with Crippen LogP contribution in [0.5, 0.6) is 5.75 Å². The van der Waals surface area contributed by atoms with Gasteiger partial charge in [0.1, 0.15) is 18.0 Å². The molecule has 206 valence electrons. The lowest BCUT2D eigenvalue weighted by molar-refractivity contribution is -0.109. The van der Waals surface area contributed by atoms with Gasteiger partial charge in [0.05, 0.1) is 24.9 Å². The van der Waals surface area contributed by atoms with Gasteiger partial charge >= 0.3 is 0 Å². The Balaban J connectivity index is 1.32. The highest BCUT2D eigenvalue weighted by atomic mass is 19.3. The Kier molecular flexibility index (Phi) is 7.95. The molecule has 2 saturated heterocycles. The van der Waals surface area contributed by atoms with Gasteiger partial charge in [0, 0.05) is 30.8 Å². The molecular weight excluding hydrogens is 504 g/mol. The highest BCUT2D eigenvalue weighted by Crippen LogP contribution is 2.33. The summed E-state index contributed by atoms with van der Waals surface area (Å²) in [5, 5.41) is 19.1. The monoisotopic (exact) mass is 537 g/mol. The number of nitrogens with zero attached hydrogens (tertiary/aromatic N) is 4. The molecule has 9 nitrogen and oxygen atoms in total. The van der Waals surface area contributed by atoms with Crippen molar-refractivity contribution in [1.82, 2.24) is 25.5 Å². The number of methoxy groups -OCH3 is 1. The van der Waals surface area contributed by atoms with Crippen molar-refractivity contribution >= 4 is 5.95 Å². The summed E-state index contributed by atoms with van der Waals surface area (Å²) in [5.41, 5.74) is 2.61. The van der Waals surface area contributed by atoms with E-state index in [1.165, 1.54) is 5.57 Å². The van der Waals surface area contributed by atoms with Crippen LogP contribution >= 0.6 is 0 Å². The highest BCUT2D eigenvalue weighted by molar-refractivity contribution is 5.65. The SMILES string of the molecule is COC1=C(C2CCNCC2)C=CC(Nc2nccc(-c3ccc(OC4CCNCC4(F)F)c(C#N)c3)n2)N1C. The van der Waals surface area contributed by atoms with Gasteiger partial charge in [-0.1, -0.05) is 6.08 Å². The Bertz CT molecular complexity index is 1290. The van der Waals surface area contributed by atoms with Crippen LogP contribution < -0.4 is 20.7 Å². The van der Waals surface area contributed by atoms with Crippen LogP contribution in [0.15, 0.2) is 54.1 Å². The molecule has 0 radical (unpaired) electrons. The number of halogens is 2. The standard InChI is InChI=1S/C28H33F2N7O2/c1-37-25(6-4-21(26(37)38-2)18-7-11-32-12-8-18)36-27-34-14-9-22(35-27)19-3-5-23(20(15-19)16-31)39-24-10-13-33-17-28(24,29)30/h3-6,9,14-15,18,24-25,32-33H,7-8,10-13,17H2,1-2H3,(H,34,35,36). The minimum atomic E-state index is -3.01. The number of piperidine rings is 2. The van der Waals surface area contributed by atoms with Gasteiger partial charge in [-0.25, -0.2) is 18.7 Å². The van der Waals surface area contributed by atoms with E-state index in [1.807, 2.05) is 11.9 Å². The molecule has 3 aliphatic heterocycles. The number of alkyl halides is 2. The highest BCUT2D eigenvalue weighted by Gasteiger charge is 2.43. The van der Waals surface area contributed by atoms with Crippen LogP contribution in [0.4, 0.5) is 14.7 Å². The Hall–Kier alpha value is -3.75. The molecule has 0 saturated carbocycles. The summed E-state index contributed by atoms with van der Waals surface area (Å²) < 4.78 is 39.9. The average molecular weight is 538 g/mol. The molecule has 2 atom stereocenters. The van der Waals surface area contributed by atoms with Gasteiger partial charge < -0.3 is 30.3 Å². The van der Waals surface area contributed by atoms with Gasteiger partial charge in [0.25, 0.3) is 5.92 Å². The number of hydrogen-bond donors (Lipinski definition) is 3. The summed E-state index contributed by atoms with van der Waals surface area (Å²) in [7, 11) is 3.65. The van der Waals surface area contributed by atoms with Crippen LogP contribution in [0, 0.1) is 17.2 Å². The van der Waals surface area contributed by atoms with Crippen LogP contribution in [-0.2, 0) is 4.74 Å². The number of likely N-dealkylation sites (N-methyl/N-ethyl adjacent to an activating group) is 1. The number of rotatable bonds is 7. The third-order valence-electron chi connectivity index (χ3n) is 7.43. The summed E-state index contributed by atoms with van der Waals surface area (Å²) in [6, 6.07) is 8.67. The summed E-state index contributed by atoms with van der Waals surface area (Å²) >= 11 is 0. The molecule has 0 aliphatic carbocycles. The van der Waals surface area contributed by atoms with E-state index in [9.17, 15) is 14.0 Å². The lowest BCUT2D eigenvalue weighted by atomic mass is 9.88. The molecule has 3 aliphatic rings. The first-order valence-electron chi connectivity index (χ1n) is 13.2. The smallest absolute Gasteiger partial charge is 0.296 e. The van der Waals surface area contributed by atoms with Crippen LogP contribution in [0.1, 0.15) is 24.8 Å². The first-order valence-corrected chi connectivity index (χ1v) is 13.2. The second-order valence-corrected chi connectivity index (χ2v) is 9.97. The zero-order valence-electron chi connectivity index (χ0n) is 22.1. The molecule has 2 unspecified atom stereocenters. The number of allylic oxidation sites excluding steroid dienone is 2. The molecule has 1 aromatic heterocycles. The maximum absolute atomic E-state index is 14.2. The molecular formula is C28H33F2N7O2. The quantitative estimate of drug-likeness (QED) is 0.489. The number of nitriles is 1. The molecule has 11 heteroatoms. The molecule has 0 bridgehead atoms. The summed E-state index contributed by atoms with van der Waals surface area (Å²) in [4.78, 5) is 11.1. The lowest BCUT2D eigenvalue weighted by Crippen LogP contribution is -2.52. The van der Waals surface area contributed by atoms with E-state index in [4.69, 9.17) is 9.47 Å². The molecule has 2 aromatic rings. The Morgan fingerprint density at radius 1 is 1.15 bits per heavy atom. The van der Waals surface area contributed by atoms with E-state index in [-0.39, 0.29) is 23.9 Å². The van der Waals surface area contributed by atoms with Gasteiger partial charge in [0.2, 0.25) is 5.95 Å². The number of hydrogen-bond acceptors (Lipinski definition) is 9. The summed E-state index contributed by atoms with van der Waals surface area (Å²) in [6.45, 7) is 1.98.